The van der Waals surface area contributed by atoms with E-state index in [4.69, 9.17) is 41.2 Å². The van der Waals surface area contributed by atoms with E-state index < -0.39 is 0 Å². The number of benzene rings is 2. The average molecular weight is 407 g/mol. The van der Waals surface area contributed by atoms with Crippen LogP contribution in [0.4, 0.5) is 0 Å². The molecule has 0 unspecified atom stereocenters. The number of nitrogens with zero attached hydrogens (tertiary/aromatic N) is 1. The van der Waals surface area contributed by atoms with Crippen LogP contribution in [0.3, 0.4) is 0 Å². The fraction of sp³-hybridized carbons (Fsp3) is 0.0952. The summed E-state index contributed by atoms with van der Waals surface area (Å²) in [5.41, 5.74) is 12.1. The summed E-state index contributed by atoms with van der Waals surface area (Å²) in [7, 11) is 2.97. The van der Waals surface area contributed by atoms with E-state index in [1.54, 1.807) is 54.6 Å². The van der Waals surface area contributed by atoms with Gasteiger partial charge in [0.25, 0.3) is 5.88 Å². The number of pyridine rings is 1. The molecular formula is C21H21N5O4. The summed E-state index contributed by atoms with van der Waals surface area (Å²) in [4.78, 5) is 4.37. The maximum absolute atomic E-state index is 7.47. The van der Waals surface area contributed by atoms with E-state index in [-0.39, 0.29) is 23.4 Å². The van der Waals surface area contributed by atoms with Crippen molar-refractivity contribution in [3.8, 4) is 34.8 Å². The van der Waals surface area contributed by atoms with Crippen LogP contribution in [0.5, 0.6) is 34.8 Å². The second-order valence-electron chi connectivity index (χ2n) is 6.08. The summed E-state index contributed by atoms with van der Waals surface area (Å²) < 4.78 is 22.4. The molecule has 0 radical (unpaired) electrons. The third kappa shape index (κ3) is 4.58. The van der Waals surface area contributed by atoms with Crippen molar-refractivity contribution in [1.29, 1.82) is 10.8 Å². The first-order valence-electron chi connectivity index (χ1n) is 8.79. The summed E-state index contributed by atoms with van der Waals surface area (Å²) in [6, 6.07) is 14.9. The van der Waals surface area contributed by atoms with Gasteiger partial charge in [0.15, 0.2) is 5.75 Å². The normalized spacial score (nSPS) is 10.2. The molecule has 0 saturated heterocycles. The molecule has 0 fully saturated rings. The van der Waals surface area contributed by atoms with Gasteiger partial charge >= 0.3 is 0 Å². The Labute approximate surface area is 173 Å². The number of aromatic nitrogens is 1. The van der Waals surface area contributed by atoms with Crippen LogP contribution >= 0.6 is 0 Å². The average Bonchev–Trinajstić information content (AvgIpc) is 2.74. The summed E-state index contributed by atoms with van der Waals surface area (Å²) in [5.74, 6) is 1.93. The molecule has 0 atom stereocenters. The SMILES string of the molecule is COc1cc(Oc2ccc(C(=N)N)cc2)nc(Oc2ccc(C(=N)N)cc2)c1OC. The third-order valence-electron chi connectivity index (χ3n) is 4.08. The predicted molar refractivity (Wildman–Crippen MR) is 112 cm³/mol. The van der Waals surface area contributed by atoms with Crippen molar-refractivity contribution in [2.75, 3.05) is 14.2 Å². The van der Waals surface area contributed by atoms with Crippen molar-refractivity contribution in [3.63, 3.8) is 0 Å². The second kappa shape index (κ2) is 8.82. The van der Waals surface area contributed by atoms with E-state index in [0.29, 0.717) is 34.1 Å². The highest BCUT2D eigenvalue weighted by molar-refractivity contribution is 5.95. The minimum absolute atomic E-state index is 0.0303. The number of nitrogens with two attached hydrogens (primary N) is 2. The quantitative estimate of drug-likeness (QED) is 0.331. The Balaban J connectivity index is 1.91. The van der Waals surface area contributed by atoms with Crippen molar-refractivity contribution in [2.24, 2.45) is 11.5 Å². The maximum atomic E-state index is 7.47. The van der Waals surface area contributed by atoms with E-state index in [0.717, 1.165) is 0 Å². The lowest BCUT2D eigenvalue weighted by molar-refractivity contribution is 0.323. The Morgan fingerprint density at radius 1 is 0.767 bits per heavy atom. The summed E-state index contributed by atoms with van der Waals surface area (Å²) in [6.45, 7) is 0. The maximum Gasteiger partial charge on any atom is 0.269 e. The molecule has 0 aliphatic carbocycles. The van der Waals surface area contributed by atoms with Gasteiger partial charge in [-0.2, -0.15) is 4.98 Å². The van der Waals surface area contributed by atoms with Crippen LogP contribution in [0, 0.1) is 10.8 Å². The molecule has 30 heavy (non-hydrogen) atoms. The van der Waals surface area contributed by atoms with E-state index in [2.05, 4.69) is 4.98 Å². The molecule has 154 valence electrons. The van der Waals surface area contributed by atoms with Gasteiger partial charge in [0.05, 0.1) is 14.2 Å². The molecular weight excluding hydrogens is 386 g/mol. The molecule has 0 aliphatic heterocycles. The standard InChI is InChI=1S/C21H21N5O4/c1-27-16-11-17(29-14-7-3-12(4-8-14)19(22)23)26-21(18(16)28-2)30-15-9-5-13(6-10-15)20(24)25/h3-11H,1-2H3,(H3,22,23)(H3,24,25). The summed E-state index contributed by atoms with van der Waals surface area (Å²) in [6.07, 6.45) is 0. The van der Waals surface area contributed by atoms with Crippen LogP contribution < -0.4 is 30.4 Å². The van der Waals surface area contributed by atoms with Crippen LogP contribution in [0.1, 0.15) is 11.1 Å². The molecule has 9 heteroatoms. The molecule has 0 amide bonds. The molecule has 0 saturated carbocycles. The molecule has 3 rings (SSSR count). The first-order chi connectivity index (χ1) is 14.4. The third-order valence-corrected chi connectivity index (χ3v) is 4.08. The van der Waals surface area contributed by atoms with E-state index >= 15 is 0 Å². The highest BCUT2D eigenvalue weighted by Crippen LogP contribution is 2.41. The number of hydrogen-bond donors (Lipinski definition) is 4. The lowest BCUT2D eigenvalue weighted by Gasteiger charge is -2.15. The lowest BCUT2D eigenvalue weighted by atomic mass is 10.2. The Kier molecular flexibility index (Phi) is 6.02. The molecule has 0 aliphatic rings. The van der Waals surface area contributed by atoms with Gasteiger partial charge in [0.1, 0.15) is 23.2 Å². The number of nitrogen functional groups attached to an aromatic ring is 2. The van der Waals surface area contributed by atoms with Gasteiger partial charge in [-0.3, -0.25) is 10.8 Å². The molecule has 0 spiro atoms. The number of amidine groups is 2. The van der Waals surface area contributed by atoms with E-state index in [9.17, 15) is 0 Å². The van der Waals surface area contributed by atoms with Gasteiger partial charge in [0.2, 0.25) is 11.6 Å². The second-order valence-corrected chi connectivity index (χ2v) is 6.08. The van der Waals surface area contributed by atoms with Crippen molar-refractivity contribution >= 4 is 11.7 Å². The highest BCUT2D eigenvalue weighted by Gasteiger charge is 2.18. The number of methoxy groups -OCH3 is 2. The monoisotopic (exact) mass is 407 g/mol. The zero-order valence-corrected chi connectivity index (χ0v) is 16.4. The molecule has 3 aromatic rings. The van der Waals surface area contributed by atoms with Crippen LogP contribution in [0.15, 0.2) is 54.6 Å². The van der Waals surface area contributed by atoms with E-state index in [1.165, 1.54) is 14.2 Å². The van der Waals surface area contributed by atoms with Gasteiger partial charge in [0, 0.05) is 17.2 Å². The molecule has 6 N–H and O–H groups in total. The highest BCUT2D eigenvalue weighted by atomic mass is 16.5. The van der Waals surface area contributed by atoms with Gasteiger partial charge in [-0.1, -0.05) is 0 Å². The first kappa shape index (κ1) is 20.5. The number of rotatable bonds is 8. The molecule has 0 bridgehead atoms. The zero-order chi connectivity index (χ0) is 21.7. The van der Waals surface area contributed by atoms with Crippen LogP contribution in [0.2, 0.25) is 0 Å². The molecule has 1 heterocycles. The van der Waals surface area contributed by atoms with Crippen LogP contribution in [0.25, 0.3) is 0 Å². The largest absolute Gasteiger partial charge is 0.492 e. The minimum atomic E-state index is -0.0369. The smallest absolute Gasteiger partial charge is 0.269 e. The number of nitrogens with one attached hydrogen (secondary N) is 2. The Morgan fingerprint density at radius 3 is 1.70 bits per heavy atom. The topological polar surface area (TPSA) is 150 Å². The Morgan fingerprint density at radius 2 is 1.27 bits per heavy atom. The van der Waals surface area contributed by atoms with Gasteiger partial charge < -0.3 is 30.4 Å². The number of hydrogen-bond acceptors (Lipinski definition) is 7. The minimum Gasteiger partial charge on any atom is -0.492 e. The fourth-order valence-corrected chi connectivity index (χ4v) is 2.56. The molecule has 1 aromatic heterocycles. The van der Waals surface area contributed by atoms with Crippen LogP contribution in [-0.4, -0.2) is 30.9 Å². The zero-order valence-electron chi connectivity index (χ0n) is 16.4. The fourth-order valence-electron chi connectivity index (χ4n) is 2.56. The van der Waals surface area contributed by atoms with Crippen LogP contribution in [-0.2, 0) is 0 Å². The number of ether oxygens (including phenoxy) is 4. The Hall–Kier alpha value is -4.27. The van der Waals surface area contributed by atoms with Gasteiger partial charge in [-0.25, -0.2) is 0 Å². The summed E-state index contributed by atoms with van der Waals surface area (Å²) >= 11 is 0. The predicted octanol–water partition coefficient (Wildman–Crippen LogP) is 3.25. The molecule has 2 aromatic carbocycles. The lowest BCUT2D eigenvalue weighted by Crippen LogP contribution is -2.10. The Bertz CT molecular complexity index is 1070. The molecule has 9 nitrogen and oxygen atoms in total. The van der Waals surface area contributed by atoms with E-state index in [1.807, 2.05) is 0 Å². The van der Waals surface area contributed by atoms with Gasteiger partial charge in [-0.15, -0.1) is 0 Å². The van der Waals surface area contributed by atoms with Gasteiger partial charge in [-0.05, 0) is 48.5 Å². The van der Waals surface area contributed by atoms with Crippen molar-refractivity contribution < 1.29 is 18.9 Å². The first-order valence-corrected chi connectivity index (χ1v) is 8.79. The summed E-state index contributed by atoms with van der Waals surface area (Å²) in [5, 5.41) is 14.9. The van der Waals surface area contributed by atoms with Crippen molar-refractivity contribution in [2.45, 2.75) is 0 Å². The van der Waals surface area contributed by atoms with Crippen molar-refractivity contribution in [1.82, 2.24) is 4.98 Å². The van der Waals surface area contributed by atoms with Crippen molar-refractivity contribution in [3.05, 3.63) is 65.7 Å².